The average molecular weight is 267 g/mol. The van der Waals surface area contributed by atoms with Crippen molar-refractivity contribution in [3.8, 4) is 0 Å². The summed E-state index contributed by atoms with van der Waals surface area (Å²) in [5.74, 6) is 1.45. The lowest BCUT2D eigenvalue weighted by Gasteiger charge is -2.21. The normalized spacial score (nSPS) is 19.4. The first-order valence-corrected chi connectivity index (χ1v) is 7.88. The van der Waals surface area contributed by atoms with Gasteiger partial charge in [0.2, 0.25) is 0 Å². The van der Waals surface area contributed by atoms with Gasteiger partial charge < -0.3 is 5.73 Å². The molecule has 1 aromatic rings. The maximum absolute atomic E-state index is 12.8. The predicted molar refractivity (Wildman–Crippen MR) is 76.3 cm³/mol. The van der Waals surface area contributed by atoms with Crippen molar-refractivity contribution >= 4 is 11.8 Å². The molecule has 2 N–H and O–H groups in total. The van der Waals surface area contributed by atoms with E-state index in [1.807, 2.05) is 12.1 Å². The van der Waals surface area contributed by atoms with Crippen molar-refractivity contribution in [2.24, 2.45) is 11.7 Å². The molecule has 0 radical (unpaired) electrons. The van der Waals surface area contributed by atoms with Crippen molar-refractivity contribution in [2.45, 2.75) is 49.5 Å². The average Bonchev–Trinajstić information content (AvgIpc) is 2.66. The molecule has 0 aromatic heterocycles. The van der Waals surface area contributed by atoms with Gasteiger partial charge in [-0.1, -0.05) is 25.7 Å². The van der Waals surface area contributed by atoms with Crippen LogP contribution in [0.2, 0.25) is 0 Å². The summed E-state index contributed by atoms with van der Waals surface area (Å²) in [4.78, 5) is 1.11. The van der Waals surface area contributed by atoms with E-state index >= 15 is 0 Å². The van der Waals surface area contributed by atoms with E-state index in [0.29, 0.717) is 5.92 Å². The van der Waals surface area contributed by atoms with E-state index in [2.05, 4.69) is 0 Å². The first kappa shape index (κ1) is 13.9. The van der Waals surface area contributed by atoms with Gasteiger partial charge in [-0.3, -0.25) is 0 Å². The zero-order chi connectivity index (χ0) is 12.8. The fraction of sp³-hybridized carbons (Fsp3) is 0.600. The molecule has 1 nitrogen and oxygen atoms in total. The Labute approximate surface area is 113 Å². The number of halogens is 1. The Morgan fingerprint density at radius 1 is 1.11 bits per heavy atom. The van der Waals surface area contributed by atoms with Crippen molar-refractivity contribution in [3.05, 3.63) is 30.1 Å². The van der Waals surface area contributed by atoms with E-state index in [1.165, 1.54) is 50.7 Å². The van der Waals surface area contributed by atoms with Crippen molar-refractivity contribution < 1.29 is 4.39 Å². The van der Waals surface area contributed by atoms with Crippen LogP contribution in [0.5, 0.6) is 0 Å². The van der Waals surface area contributed by atoms with Crippen LogP contribution >= 0.6 is 11.8 Å². The summed E-state index contributed by atoms with van der Waals surface area (Å²) < 4.78 is 12.8. The highest BCUT2D eigenvalue weighted by atomic mass is 32.2. The third-order valence-electron chi connectivity index (χ3n) is 3.76. The molecular weight excluding hydrogens is 245 g/mol. The number of hydrogen-bond acceptors (Lipinski definition) is 2. The molecule has 1 aromatic carbocycles. The molecule has 1 saturated carbocycles. The number of rotatable bonds is 4. The molecule has 18 heavy (non-hydrogen) atoms. The zero-order valence-corrected chi connectivity index (χ0v) is 11.6. The van der Waals surface area contributed by atoms with Gasteiger partial charge in [0.05, 0.1) is 0 Å². The number of benzene rings is 1. The fourth-order valence-electron chi connectivity index (χ4n) is 2.60. The van der Waals surface area contributed by atoms with Crippen molar-refractivity contribution in [1.29, 1.82) is 0 Å². The van der Waals surface area contributed by atoms with Crippen molar-refractivity contribution in [2.75, 3.05) is 5.75 Å². The van der Waals surface area contributed by atoms with Crippen LogP contribution in [0, 0.1) is 11.7 Å². The summed E-state index contributed by atoms with van der Waals surface area (Å²) in [6.07, 6.45) is 7.97. The summed E-state index contributed by atoms with van der Waals surface area (Å²) in [6.45, 7) is 0. The van der Waals surface area contributed by atoms with E-state index in [-0.39, 0.29) is 11.9 Å². The first-order chi connectivity index (χ1) is 8.75. The second kappa shape index (κ2) is 7.15. The van der Waals surface area contributed by atoms with Gasteiger partial charge in [0.25, 0.3) is 0 Å². The first-order valence-electron chi connectivity index (χ1n) is 6.89. The minimum absolute atomic E-state index is 0.174. The predicted octanol–water partition coefficient (Wildman–Crippen LogP) is 4.22. The molecular formula is C15H22FNS. The van der Waals surface area contributed by atoms with Crippen molar-refractivity contribution in [3.63, 3.8) is 0 Å². The molecule has 1 atom stereocenters. The highest BCUT2D eigenvalue weighted by Crippen LogP contribution is 2.28. The lowest BCUT2D eigenvalue weighted by Crippen LogP contribution is -2.32. The Bertz CT molecular complexity index is 344. The van der Waals surface area contributed by atoms with Gasteiger partial charge in [-0.25, -0.2) is 4.39 Å². The monoisotopic (exact) mass is 267 g/mol. The summed E-state index contributed by atoms with van der Waals surface area (Å²) in [7, 11) is 0. The van der Waals surface area contributed by atoms with Crippen LogP contribution in [0.25, 0.3) is 0 Å². The summed E-state index contributed by atoms with van der Waals surface area (Å²) in [5, 5.41) is 0. The van der Waals surface area contributed by atoms with Gasteiger partial charge in [-0.15, -0.1) is 11.8 Å². The summed E-state index contributed by atoms with van der Waals surface area (Å²) >= 11 is 1.75. The second-order valence-electron chi connectivity index (χ2n) is 5.18. The second-order valence-corrected chi connectivity index (χ2v) is 6.27. The highest BCUT2D eigenvalue weighted by Gasteiger charge is 2.19. The van der Waals surface area contributed by atoms with Crippen LogP contribution in [-0.2, 0) is 0 Å². The SMILES string of the molecule is NC(CSc1ccc(F)cc1)C1CCCCCC1. The molecule has 0 aliphatic heterocycles. The quantitative estimate of drug-likeness (QED) is 0.653. The van der Waals surface area contributed by atoms with E-state index in [9.17, 15) is 4.39 Å². The molecule has 0 bridgehead atoms. The van der Waals surface area contributed by atoms with Gasteiger partial charge in [-0.2, -0.15) is 0 Å². The van der Waals surface area contributed by atoms with Crippen LogP contribution in [0.4, 0.5) is 4.39 Å². The standard InChI is InChI=1S/C15H22FNS/c16-13-7-9-14(10-8-13)18-11-15(17)12-5-3-1-2-4-6-12/h7-10,12,15H,1-6,11,17H2. The minimum atomic E-state index is -0.174. The molecule has 2 rings (SSSR count). The summed E-state index contributed by atoms with van der Waals surface area (Å²) in [5.41, 5.74) is 6.30. The minimum Gasteiger partial charge on any atom is -0.327 e. The van der Waals surface area contributed by atoms with Gasteiger partial charge >= 0.3 is 0 Å². The van der Waals surface area contributed by atoms with Crippen molar-refractivity contribution in [1.82, 2.24) is 0 Å². The van der Waals surface area contributed by atoms with Crippen LogP contribution in [0.1, 0.15) is 38.5 Å². The van der Waals surface area contributed by atoms with Crippen LogP contribution in [0.3, 0.4) is 0 Å². The summed E-state index contributed by atoms with van der Waals surface area (Å²) in [6, 6.07) is 6.97. The third-order valence-corrected chi connectivity index (χ3v) is 4.92. The van der Waals surface area contributed by atoms with Gasteiger partial charge in [0.1, 0.15) is 5.82 Å². The third kappa shape index (κ3) is 4.29. The Balaban J connectivity index is 1.79. The fourth-order valence-corrected chi connectivity index (χ4v) is 3.58. The lowest BCUT2D eigenvalue weighted by atomic mass is 9.94. The van der Waals surface area contributed by atoms with E-state index in [4.69, 9.17) is 5.73 Å². The van der Waals surface area contributed by atoms with E-state index < -0.39 is 0 Å². The molecule has 1 unspecified atom stereocenters. The Kier molecular flexibility index (Phi) is 5.51. The molecule has 1 aliphatic carbocycles. The van der Waals surface area contributed by atoms with E-state index in [1.54, 1.807) is 11.8 Å². The number of hydrogen-bond donors (Lipinski definition) is 1. The lowest BCUT2D eigenvalue weighted by molar-refractivity contribution is 0.397. The molecule has 0 saturated heterocycles. The Morgan fingerprint density at radius 2 is 1.72 bits per heavy atom. The molecule has 3 heteroatoms. The maximum atomic E-state index is 12.8. The molecule has 1 aliphatic rings. The maximum Gasteiger partial charge on any atom is 0.123 e. The van der Waals surface area contributed by atoms with Gasteiger partial charge in [-0.05, 0) is 43.0 Å². The van der Waals surface area contributed by atoms with Gasteiger partial charge in [0, 0.05) is 16.7 Å². The smallest absolute Gasteiger partial charge is 0.123 e. The molecule has 100 valence electrons. The number of nitrogens with two attached hydrogens (primary N) is 1. The highest BCUT2D eigenvalue weighted by molar-refractivity contribution is 7.99. The molecule has 1 fully saturated rings. The largest absolute Gasteiger partial charge is 0.327 e. The molecule has 0 amide bonds. The Morgan fingerprint density at radius 3 is 2.33 bits per heavy atom. The van der Waals surface area contributed by atoms with Crippen LogP contribution in [0.15, 0.2) is 29.2 Å². The van der Waals surface area contributed by atoms with Crippen LogP contribution in [-0.4, -0.2) is 11.8 Å². The molecule has 0 spiro atoms. The molecule has 0 heterocycles. The Hall–Kier alpha value is -0.540. The number of thioether (sulfide) groups is 1. The van der Waals surface area contributed by atoms with Gasteiger partial charge in [0.15, 0.2) is 0 Å². The van der Waals surface area contributed by atoms with E-state index in [0.717, 1.165) is 10.6 Å². The zero-order valence-electron chi connectivity index (χ0n) is 10.8. The van der Waals surface area contributed by atoms with Crippen LogP contribution < -0.4 is 5.73 Å². The topological polar surface area (TPSA) is 26.0 Å².